The molecule has 3 N–H and O–H groups in total. The van der Waals surface area contributed by atoms with Gasteiger partial charge in [0.1, 0.15) is 5.60 Å². The molecule has 0 aromatic heterocycles. The quantitative estimate of drug-likeness (QED) is 0.710. The summed E-state index contributed by atoms with van der Waals surface area (Å²) in [5.74, 6) is -0.188. The molecule has 0 bridgehead atoms. The molecule has 0 saturated carbocycles. The number of aliphatic hydroxyl groups excluding tert-OH is 1. The number of nitrogens with one attached hydrogen (secondary N) is 1. The zero-order chi connectivity index (χ0) is 19.4. The van der Waals surface area contributed by atoms with Crippen LogP contribution in [0.4, 0.5) is 0 Å². The van der Waals surface area contributed by atoms with E-state index in [1.54, 1.807) is 35.2 Å². The van der Waals surface area contributed by atoms with Crippen LogP contribution in [0, 0.1) is 0 Å². The summed E-state index contributed by atoms with van der Waals surface area (Å²) >= 11 is 11.8. The summed E-state index contributed by atoms with van der Waals surface area (Å²) in [6, 6.07) is 14.1. The van der Waals surface area contributed by atoms with Crippen molar-refractivity contribution in [2.45, 2.75) is 24.7 Å². The Morgan fingerprint density at radius 2 is 1.93 bits per heavy atom. The standard InChI is InChI=1S/C20H22Cl2N2O3/c21-16-6-4-15(5-7-16)19(26)24-9-8-18(25)20(27,13-24)12-23-11-14-2-1-3-17(22)10-14/h1-7,10,18,23,25,27H,8-9,11-13H2/t18-,20+/m0/s1. The summed E-state index contributed by atoms with van der Waals surface area (Å²) in [5, 5.41) is 25.6. The lowest BCUT2D eigenvalue weighted by molar-refractivity contribution is -0.111. The fraction of sp³-hybridized carbons (Fsp3) is 0.350. The first-order valence-corrected chi connectivity index (χ1v) is 9.53. The third-order valence-corrected chi connectivity index (χ3v) is 5.27. The maximum Gasteiger partial charge on any atom is 0.253 e. The molecule has 2 aromatic rings. The van der Waals surface area contributed by atoms with Crippen LogP contribution in [0.3, 0.4) is 0 Å². The number of hydrogen-bond donors (Lipinski definition) is 3. The zero-order valence-corrected chi connectivity index (χ0v) is 16.2. The van der Waals surface area contributed by atoms with Crippen molar-refractivity contribution in [1.29, 1.82) is 0 Å². The minimum atomic E-state index is -1.42. The SMILES string of the molecule is O=C(c1ccc(Cl)cc1)N1CC[C@H](O)[C@@](O)(CNCc2cccc(Cl)c2)C1. The van der Waals surface area contributed by atoms with Crippen LogP contribution in [0.25, 0.3) is 0 Å². The van der Waals surface area contributed by atoms with E-state index in [1.807, 2.05) is 18.2 Å². The highest BCUT2D eigenvalue weighted by Crippen LogP contribution is 2.23. The average Bonchev–Trinajstić information content (AvgIpc) is 2.64. The lowest BCUT2D eigenvalue weighted by Crippen LogP contribution is -2.62. The molecule has 1 fully saturated rings. The number of β-amino-alcohol motifs (C(OH)–C–C–N with tert-alkyl or cyclic N) is 1. The van der Waals surface area contributed by atoms with Crippen LogP contribution < -0.4 is 5.32 Å². The van der Waals surface area contributed by atoms with Gasteiger partial charge in [-0.1, -0.05) is 35.3 Å². The molecule has 5 nitrogen and oxygen atoms in total. The molecular weight excluding hydrogens is 387 g/mol. The molecule has 144 valence electrons. The van der Waals surface area contributed by atoms with E-state index in [0.717, 1.165) is 5.56 Å². The van der Waals surface area contributed by atoms with Crippen molar-refractivity contribution in [2.24, 2.45) is 0 Å². The predicted octanol–water partition coefficient (Wildman–Crippen LogP) is 2.72. The van der Waals surface area contributed by atoms with E-state index in [9.17, 15) is 15.0 Å². The molecule has 0 unspecified atom stereocenters. The molecule has 0 radical (unpaired) electrons. The van der Waals surface area contributed by atoms with Crippen LogP contribution in [0.1, 0.15) is 22.3 Å². The summed E-state index contributed by atoms with van der Waals surface area (Å²) in [6.45, 7) is 1.10. The number of halogens is 2. The molecule has 2 atom stereocenters. The third kappa shape index (κ3) is 5.00. The number of likely N-dealkylation sites (tertiary alicyclic amines) is 1. The van der Waals surface area contributed by atoms with Gasteiger partial charge in [-0.05, 0) is 48.4 Å². The highest BCUT2D eigenvalue weighted by molar-refractivity contribution is 6.30. The Morgan fingerprint density at radius 1 is 1.19 bits per heavy atom. The summed E-state index contributed by atoms with van der Waals surface area (Å²) in [7, 11) is 0. The first kappa shape index (κ1) is 20.1. The van der Waals surface area contributed by atoms with E-state index in [2.05, 4.69) is 5.32 Å². The average molecular weight is 409 g/mol. The van der Waals surface area contributed by atoms with Crippen LogP contribution in [0.15, 0.2) is 48.5 Å². The molecule has 27 heavy (non-hydrogen) atoms. The lowest BCUT2D eigenvalue weighted by atomic mass is 9.89. The molecule has 7 heteroatoms. The van der Waals surface area contributed by atoms with Gasteiger partial charge >= 0.3 is 0 Å². The second kappa shape index (κ2) is 8.59. The first-order valence-electron chi connectivity index (χ1n) is 8.78. The van der Waals surface area contributed by atoms with Gasteiger partial charge in [0.25, 0.3) is 5.91 Å². The summed E-state index contributed by atoms with van der Waals surface area (Å²) in [4.78, 5) is 14.3. The Balaban J connectivity index is 1.62. The molecule has 1 heterocycles. The smallest absolute Gasteiger partial charge is 0.253 e. The minimum absolute atomic E-state index is 0.0537. The number of carbonyl (C=O) groups is 1. The predicted molar refractivity (Wildman–Crippen MR) is 106 cm³/mol. The number of benzene rings is 2. The number of hydrogen-bond acceptors (Lipinski definition) is 4. The topological polar surface area (TPSA) is 72.8 Å². The number of carbonyl (C=O) groups excluding carboxylic acids is 1. The van der Waals surface area contributed by atoms with Crippen LogP contribution in [-0.2, 0) is 6.54 Å². The molecule has 2 aromatic carbocycles. The summed E-state index contributed by atoms with van der Waals surface area (Å²) in [6.07, 6.45) is -0.590. The molecule has 1 saturated heterocycles. The first-order chi connectivity index (χ1) is 12.9. The fourth-order valence-corrected chi connectivity index (χ4v) is 3.59. The molecule has 1 aliphatic rings. The highest BCUT2D eigenvalue weighted by Gasteiger charge is 2.42. The van der Waals surface area contributed by atoms with E-state index in [4.69, 9.17) is 23.2 Å². The second-order valence-electron chi connectivity index (χ2n) is 6.88. The minimum Gasteiger partial charge on any atom is -0.390 e. The van der Waals surface area contributed by atoms with Gasteiger partial charge in [-0.3, -0.25) is 4.79 Å². The molecule has 1 aliphatic heterocycles. The van der Waals surface area contributed by atoms with E-state index >= 15 is 0 Å². The Labute approximate surface area is 168 Å². The second-order valence-corrected chi connectivity index (χ2v) is 7.75. The zero-order valence-electron chi connectivity index (χ0n) is 14.7. The molecule has 0 spiro atoms. The molecule has 0 aliphatic carbocycles. The van der Waals surface area contributed by atoms with Crippen molar-refractivity contribution in [2.75, 3.05) is 19.6 Å². The fourth-order valence-electron chi connectivity index (χ4n) is 3.25. The Bertz CT molecular complexity index is 800. The Morgan fingerprint density at radius 3 is 2.63 bits per heavy atom. The normalized spacial score (nSPS) is 22.7. The lowest BCUT2D eigenvalue weighted by Gasteiger charge is -2.42. The highest BCUT2D eigenvalue weighted by atomic mass is 35.5. The van der Waals surface area contributed by atoms with Gasteiger partial charge in [0.05, 0.1) is 12.6 Å². The third-order valence-electron chi connectivity index (χ3n) is 4.79. The van der Waals surface area contributed by atoms with Gasteiger partial charge < -0.3 is 20.4 Å². The Hall–Kier alpha value is -1.63. The number of piperidine rings is 1. The van der Waals surface area contributed by atoms with Crippen LogP contribution in [0.2, 0.25) is 10.0 Å². The number of nitrogens with zero attached hydrogens (tertiary/aromatic N) is 1. The van der Waals surface area contributed by atoms with Crippen molar-refractivity contribution < 1.29 is 15.0 Å². The number of aliphatic hydroxyl groups is 2. The van der Waals surface area contributed by atoms with Crippen molar-refractivity contribution >= 4 is 29.1 Å². The van der Waals surface area contributed by atoms with Gasteiger partial charge in [-0.15, -0.1) is 0 Å². The summed E-state index contributed by atoms with van der Waals surface area (Å²) in [5.41, 5.74) is 0.0642. The van der Waals surface area contributed by atoms with Crippen LogP contribution in [-0.4, -0.2) is 52.4 Å². The van der Waals surface area contributed by atoms with Gasteiger partial charge in [0, 0.05) is 35.2 Å². The van der Waals surface area contributed by atoms with Crippen LogP contribution >= 0.6 is 23.2 Å². The van der Waals surface area contributed by atoms with E-state index in [0.29, 0.717) is 35.1 Å². The van der Waals surface area contributed by atoms with Gasteiger partial charge in [0.2, 0.25) is 0 Å². The van der Waals surface area contributed by atoms with Crippen LogP contribution in [0.5, 0.6) is 0 Å². The maximum atomic E-state index is 12.7. The monoisotopic (exact) mass is 408 g/mol. The van der Waals surface area contributed by atoms with Crippen molar-refractivity contribution in [3.05, 3.63) is 69.7 Å². The van der Waals surface area contributed by atoms with Gasteiger partial charge in [0.15, 0.2) is 0 Å². The van der Waals surface area contributed by atoms with Crippen molar-refractivity contribution in [1.82, 2.24) is 10.2 Å². The maximum absolute atomic E-state index is 12.7. The number of rotatable bonds is 5. The van der Waals surface area contributed by atoms with Gasteiger partial charge in [-0.25, -0.2) is 0 Å². The molecule has 1 amide bonds. The van der Waals surface area contributed by atoms with E-state index in [-0.39, 0.29) is 19.0 Å². The van der Waals surface area contributed by atoms with E-state index in [1.165, 1.54) is 0 Å². The summed E-state index contributed by atoms with van der Waals surface area (Å²) < 4.78 is 0. The largest absolute Gasteiger partial charge is 0.390 e. The van der Waals surface area contributed by atoms with Crippen molar-refractivity contribution in [3.8, 4) is 0 Å². The molecule has 3 rings (SSSR count). The van der Waals surface area contributed by atoms with Gasteiger partial charge in [-0.2, -0.15) is 0 Å². The Kier molecular flexibility index (Phi) is 6.40. The van der Waals surface area contributed by atoms with E-state index < -0.39 is 11.7 Å². The van der Waals surface area contributed by atoms with Crippen molar-refractivity contribution in [3.63, 3.8) is 0 Å². The molecular formula is C20H22Cl2N2O3. The number of amides is 1.